The summed E-state index contributed by atoms with van der Waals surface area (Å²) in [5.74, 6) is -1.45. The molecule has 0 aromatic carbocycles. The maximum absolute atomic E-state index is 12.5. The predicted octanol–water partition coefficient (Wildman–Crippen LogP) is -0.591. The largest absolute Gasteiger partial charge is 0.374 e. The van der Waals surface area contributed by atoms with E-state index in [0.29, 0.717) is 18.1 Å². The topological polar surface area (TPSA) is 202 Å². The number of rotatable bonds is 8. The molecule has 0 radical (unpaired) electrons. The van der Waals surface area contributed by atoms with Crippen molar-refractivity contribution in [2.24, 2.45) is 0 Å². The zero-order chi connectivity index (χ0) is 23.0. The first-order valence-electron chi connectivity index (χ1n) is 8.71. The molecule has 4 N–H and O–H groups in total. The number of β-lactam (4-membered cyclic amide) rings is 1. The molecular formula is C13H14N8O6S5. The molecule has 2 saturated heterocycles. The van der Waals surface area contributed by atoms with Crippen molar-refractivity contribution in [2.45, 2.75) is 27.2 Å². The van der Waals surface area contributed by atoms with Crippen LogP contribution in [0.25, 0.3) is 0 Å². The molecule has 19 heteroatoms. The third-order valence-electron chi connectivity index (χ3n) is 4.43. The average Bonchev–Trinajstić information content (AvgIpc) is 3.42. The first-order chi connectivity index (χ1) is 15.1. The second-order valence-corrected chi connectivity index (χ2v) is 12.1. The van der Waals surface area contributed by atoms with Crippen molar-refractivity contribution in [1.29, 1.82) is 0 Å². The van der Waals surface area contributed by atoms with E-state index in [1.807, 2.05) is 0 Å². The molecule has 0 unspecified atom stereocenters. The van der Waals surface area contributed by atoms with Crippen LogP contribution < -0.4 is 11.1 Å². The lowest BCUT2D eigenvalue weighted by molar-refractivity contribution is -0.150. The third kappa shape index (κ3) is 4.81. The number of carbonyl (C=O) groups is 3. The number of aromatic nitrogens is 4. The van der Waals surface area contributed by atoms with Gasteiger partial charge in [0.05, 0.1) is 17.5 Å². The molecule has 0 spiro atoms. The molecule has 172 valence electrons. The monoisotopic (exact) mass is 538 g/mol. The lowest BCUT2D eigenvalue weighted by Gasteiger charge is -2.42. The van der Waals surface area contributed by atoms with Crippen LogP contribution in [0.3, 0.4) is 0 Å². The van der Waals surface area contributed by atoms with E-state index in [2.05, 4.69) is 25.7 Å². The van der Waals surface area contributed by atoms with E-state index in [1.54, 1.807) is 0 Å². The molecule has 2 aliphatic heterocycles. The first-order valence-corrected chi connectivity index (χ1v) is 13.7. The molecule has 4 rings (SSSR count). The van der Waals surface area contributed by atoms with E-state index in [9.17, 15) is 22.8 Å². The summed E-state index contributed by atoms with van der Waals surface area (Å²) in [6.45, 7) is 0.210. The Kier molecular flexibility index (Phi) is 6.54. The van der Waals surface area contributed by atoms with Crippen LogP contribution >= 0.6 is 46.2 Å². The summed E-state index contributed by atoms with van der Waals surface area (Å²) >= 11 is 4.53. The highest BCUT2D eigenvalue weighted by atomic mass is 32.2. The molecule has 0 bridgehead atoms. The van der Waals surface area contributed by atoms with E-state index >= 15 is 0 Å². The van der Waals surface area contributed by atoms with Crippen LogP contribution in [-0.2, 0) is 24.7 Å². The molecule has 2 aliphatic rings. The summed E-state index contributed by atoms with van der Waals surface area (Å²) in [7, 11) is -4.62. The fourth-order valence-corrected chi connectivity index (χ4v) is 7.17. The number of fused-ring (bicyclic) bond motifs is 1. The number of likely N-dealkylation sites (tertiary alicyclic amines) is 1. The Morgan fingerprint density at radius 3 is 2.53 bits per heavy atom. The minimum atomic E-state index is -4.62. The quantitative estimate of drug-likeness (QED) is 0.167. The minimum Gasteiger partial charge on any atom is -0.374 e. The van der Waals surface area contributed by atoms with Crippen LogP contribution in [0, 0.1) is 0 Å². The van der Waals surface area contributed by atoms with Gasteiger partial charge in [-0.05, 0) is 6.42 Å². The number of nitrogens with two attached hydrogens (primary N) is 1. The second-order valence-electron chi connectivity index (χ2n) is 6.40. The maximum atomic E-state index is 12.5. The fraction of sp³-hybridized carbons (Fsp3) is 0.462. The summed E-state index contributed by atoms with van der Waals surface area (Å²) in [5, 5.41) is 18.4. The second kappa shape index (κ2) is 9.06. The third-order valence-corrected chi connectivity index (χ3v) is 9.22. The van der Waals surface area contributed by atoms with E-state index < -0.39 is 28.3 Å². The molecule has 2 atom stereocenters. The molecule has 3 amide bonds. The number of nitrogens with one attached hydrogen (secondary N) is 1. The smallest absolute Gasteiger partial charge is 0.362 e. The lowest BCUT2D eigenvalue weighted by atomic mass is 10.0. The van der Waals surface area contributed by atoms with Gasteiger partial charge in [-0.1, -0.05) is 46.2 Å². The Morgan fingerprint density at radius 1 is 1.16 bits per heavy atom. The molecule has 2 aromatic heterocycles. The van der Waals surface area contributed by atoms with Gasteiger partial charge in [0.1, 0.15) is 6.04 Å². The standard InChI is InChI=1S/C13H14N8O6S5/c14-10-16-18-12(30-10)28-3-6(22)15-11-17-19-13(31-11)29-4-7(23)20-2-1-5-8(20)9(24)21(5)32(25,26)27/h5,8H,1-4H2,(H2,14,16)(H,15,17,22)(H,25,26,27)/t5-,8+/m1/s1. The first kappa shape index (κ1) is 23.1. The number of hydrogen-bond acceptors (Lipinski definition) is 14. The number of carbonyl (C=O) groups excluding carboxylic acids is 3. The molecule has 14 nitrogen and oxygen atoms in total. The molecule has 2 fully saturated rings. The highest BCUT2D eigenvalue weighted by Crippen LogP contribution is 2.36. The Morgan fingerprint density at radius 2 is 1.84 bits per heavy atom. The fourth-order valence-electron chi connectivity index (χ4n) is 3.18. The van der Waals surface area contributed by atoms with E-state index in [-0.39, 0.29) is 41.4 Å². The number of nitrogens with zero attached hydrogens (tertiary/aromatic N) is 6. The van der Waals surface area contributed by atoms with Gasteiger partial charge in [0.15, 0.2) is 8.68 Å². The van der Waals surface area contributed by atoms with Gasteiger partial charge in [0, 0.05) is 6.54 Å². The highest BCUT2D eigenvalue weighted by molar-refractivity contribution is 8.02. The van der Waals surface area contributed by atoms with Crippen molar-refractivity contribution in [2.75, 3.05) is 29.1 Å². The maximum Gasteiger partial charge on any atom is 0.362 e. The van der Waals surface area contributed by atoms with Crippen molar-refractivity contribution in [3.63, 3.8) is 0 Å². The zero-order valence-corrected chi connectivity index (χ0v) is 19.9. The molecule has 4 heterocycles. The van der Waals surface area contributed by atoms with Gasteiger partial charge < -0.3 is 10.6 Å². The van der Waals surface area contributed by atoms with Gasteiger partial charge in [-0.15, -0.1) is 20.4 Å². The van der Waals surface area contributed by atoms with Crippen molar-refractivity contribution in [3.8, 4) is 0 Å². The van der Waals surface area contributed by atoms with Crippen LogP contribution in [0.15, 0.2) is 8.68 Å². The SMILES string of the molecule is Nc1nnc(SCC(=O)Nc2nnc(SCC(=O)N3CC[C@@H]4[C@H]3C(=O)N4S(=O)(=O)O)s2)s1. The van der Waals surface area contributed by atoms with Gasteiger partial charge in [-0.25, -0.2) is 4.31 Å². The van der Waals surface area contributed by atoms with Gasteiger partial charge in [0.25, 0.3) is 5.91 Å². The van der Waals surface area contributed by atoms with E-state index in [0.717, 1.165) is 23.1 Å². The molecular weight excluding hydrogens is 525 g/mol. The average molecular weight is 539 g/mol. The van der Waals surface area contributed by atoms with Crippen LogP contribution in [0.1, 0.15) is 6.42 Å². The number of anilines is 2. The zero-order valence-electron chi connectivity index (χ0n) is 15.8. The number of thioether (sulfide) groups is 2. The number of amides is 3. The van der Waals surface area contributed by atoms with E-state index in [1.165, 1.54) is 28.0 Å². The summed E-state index contributed by atoms with van der Waals surface area (Å²) in [6, 6.07) is -1.61. The minimum absolute atomic E-state index is 0.0424. The lowest BCUT2D eigenvalue weighted by Crippen LogP contribution is -2.68. The summed E-state index contributed by atoms with van der Waals surface area (Å²) in [5.41, 5.74) is 5.48. The number of hydrogen-bond donors (Lipinski definition) is 3. The molecule has 2 aromatic rings. The van der Waals surface area contributed by atoms with Crippen molar-refractivity contribution in [3.05, 3.63) is 0 Å². The van der Waals surface area contributed by atoms with Crippen LogP contribution in [0.5, 0.6) is 0 Å². The van der Waals surface area contributed by atoms with Crippen LogP contribution in [0.2, 0.25) is 0 Å². The molecule has 0 aliphatic carbocycles. The Balaban J connectivity index is 1.24. The molecule has 32 heavy (non-hydrogen) atoms. The Bertz CT molecular complexity index is 1170. The molecule has 0 saturated carbocycles. The van der Waals surface area contributed by atoms with Gasteiger partial charge in [-0.3, -0.25) is 24.3 Å². The van der Waals surface area contributed by atoms with Crippen molar-refractivity contribution < 1.29 is 27.4 Å². The number of nitrogen functional groups attached to an aromatic ring is 1. The summed E-state index contributed by atoms with van der Waals surface area (Å²) in [6.07, 6.45) is 0.267. The van der Waals surface area contributed by atoms with Crippen molar-refractivity contribution in [1.82, 2.24) is 29.6 Å². The van der Waals surface area contributed by atoms with Crippen LogP contribution in [-0.4, -0.2) is 90.4 Å². The summed E-state index contributed by atoms with van der Waals surface area (Å²) < 4.78 is 33.0. The van der Waals surface area contributed by atoms with Crippen molar-refractivity contribution >= 4 is 84.5 Å². The predicted molar refractivity (Wildman–Crippen MR) is 117 cm³/mol. The Labute approximate surface area is 197 Å². The Hall–Kier alpha value is -2.06. The van der Waals surface area contributed by atoms with Gasteiger partial charge in [-0.2, -0.15) is 8.42 Å². The van der Waals surface area contributed by atoms with Gasteiger partial charge >= 0.3 is 10.3 Å². The summed E-state index contributed by atoms with van der Waals surface area (Å²) in [4.78, 5) is 37.9. The normalized spacial score (nSPS) is 20.2. The van der Waals surface area contributed by atoms with Crippen LogP contribution in [0.4, 0.5) is 10.3 Å². The highest BCUT2D eigenvalue weighted by Gasteiger charge is 2.59. The van der Waals surface area contributed by atoms with E-state index in [4.69, 9.17) is 10.3 Å². The van der Waals surface area contributed by atoms with Gasteiger partial charge in [0.2, 0.25) is 22.1 Å².